The zero-order chi connectivity index (χ0) is 23.8. The first kappa shape index (κ1) is 24.1. The summed E-state index contributed by atoms with van der Waals surface area (Å²) in [5, 5.41) is 11.5. The van der Waals surface area contributed by atoms with Gasteiger partial charge in [0.05, 0.1) is 19.3 Å². The van der Waals surface area contributed by atoms with Gasteiger partial charge in [0, 0.05) is 38.8 Å². The predicted molar refractivity (Wildman–Crippen MR) is 134 cm³/mol. The van der Waals surface area contributed by atoms with Gasteiger partial charge in [0.25, 0.3) is 5.91 Å². The first-order valence-electron chi connectivity index (χ1n) is 13.8. The molecule has 0 radical (unpaired) electrons. The molecule has 4 fully saturated rings. The summed E-state index contributed by atoms with van der Waals surface area (Å²) in [6, 6.07) is 0.226. The minimum atomic E-state index is -0.0124. The molecule has 1 saturated heterocycles. The van der Waals surface area contributed by atoms with Gasteiger partial charge in [-0.25, -0.2) is 4.68 Å². The maximum absolute atomic E-state index is 13.6. The molecule has 190 valence electrons. The molecule has 1 aromatic rings. The molecule has 4 aliphatic rings. The van der Waals surface area contributed by atoms with Crippen LogP contribution in [0.2, 0.25) is 0 Å². The third-order valence-electron chi connectivity index (χ3n) is 10.2. The van der Waals surface area contributed by atoms with Gasteiger partial charge in [0.2, 0.25) is 5.88 Å². The summed E-state index contributed by atoms with van der Waals surface area (Å²) in [4.78, 5) is 16.0. The molecule has 34 heavy (non-hydrogen) atoms. The average molecular weight is 472 g/mol. The lowest BCUT2D eigenvalue weighted by atomic mass is 9.69. The van der Waals surface area contributed by atoms with E-state index in [9.17, 15) is 4.79 Å². The molecule has 1 aromatic heterocycles. The Labute approximate surface area is 205 Å². The number of aromatic nitrogens is 2. The zero-order valence-electron chi connectivity index (χ0n) is 21.6. The zero-order valence-corrected chi connectivity index (χ0v) is 21.6. The number of hydrogen-bond acceptors (Lipinski definition) is 5. The van der Waals surface area contributed by atoms with Crippen molar-refractivity contribution in [2.45, 2.75) is 84.7 Å². The molecule has 2 heterocycles. The standard InChI is InChI=1S/C27H45N5O2/c1-26(2)21-9-10-27(26,3)23(17-21)30-24(33)22-18-29-32(16-15-31-13-11-28-12-14-31)25(22)34-19-20-7-5-4-6-8-20/h18,20-21,23,28H,4-17,19H2,1-3H3,(H,30,33)/t21-,23-,27+/m1/s1. The van der Waals surface area contributed by atoms with Crippen molar-refractivity contribution < 1.29 is 9.53 Å². The van der Waals surface area contributed by atoms with Gasteiger partial charge in [-0.1, -0.05) is 40.0 Å². The number of nitrogens with one attached hydrogen (secondary N) is 2. The third kappa shape index (κ3) is 4.50. The maximum atomic E-state index is 13.6. The summed E-state index contributed by atoms with van der Waals surface area (Å²) in [5.41, 5.74) is 1.05. The lowest BCUT2D eigenvalue weighted by molar-refractivity contribution is 0.0820. The fourth-order valence-corrected chi connectivity index (χ4v) is 7.22. The number of nitrogens with zero attached hydrogens (tertiary/aromatic N) is 3. The van der Waals surface area contributed by atoms with Crippen molar-refractivity contribution in [1.29, 1.82) is 0 Å². The largest absolute Gasteiger partial charge is 0.477 e. The number of carbonyl (C=O) groups is 1. The summed E-state index contributed by atoms with van der Waals surface area (Å²) in [6.07, 6.45) is 11.7. The normalized spacial score (nSPS) is 31.6. The molecule has 3 atom stereocenters. The number of amides is 1. The van der Waals surface area contributed by atoms with Gasteiger partial charge in [-0.05, 0) is 54.8 Å². The minimum Gasteiger partial charge on any atom is -0.477 e. The van der Waals surface area contributed by atoms with Crippen LogP contribution in [0.5, 0.6) is 5.88 Å². The maximum Gasteiger partial charge on any atom is 0.258 e. The van der Waals surface area contributed by atoms with Crippen molar-refractivity contribution >= 4 is 5.91 Å². The Balaban J connectivity index is 1.29. The Bertz CT molecular complexity index is 855. The van der Waals surface area contributed by atoms with E-state index in [1.165, 1.54) is 44.9 Å². The predicted octanol–water partition coefficient (Wildman–Crippen LogP) is 3.69. The van der Waals surface area contributed by atoms with Crippen LogP contribution in [0.15, 0.2) is 6.20 Å². The topological polar surface area (TPSA) is 71.4 Å². The summed E-state index contributed by atoms with van der Waals surface area (Å²) in [5.74, 6) is 1.95. The van der Waals surface area contributed by atoms with Crippen LogP contribution in [0.4, 0.5) is 0 Å². The lowest BCUT2D eigenvalue weighted by Crippen LogP contribution is -2.46. The van der Waals surface area contributed by atoms with E-state index in [0.717, 1.165) is 45.7 Å². The molecule has 7 nitrogen and oxygen atoms in total. The van der Waals surface area contributed by atoms with Crippen LogP contribution in [0.25, 0.3) is 0 Å². The van der Waals surface area contributed by atoms with Crippen molar-refractivity contribution in [3.05, 3.63) is 11.8 Å². The van der Waals surface area contributed by atoms with Gasteiger partial charge in [-0.15, -0.1) is 0 Å². The average Bonchev–Trinajstić information content (AvgIpc) is 3.41. The fourth-order valence-electron chi connectivity index (χ4n) is 7.22. The van der Waals surface area contributed by atoms with Crippen LogP contribution < -0.4 is 15.4 Å². The molecule has 5 rings (SSSR count). The summed E-state index contributed by atoms with van der Waals surface area (Å²) >= 11 is 0. The van der Waals surface area contributed by atoms with Crippen LogP contribution >= 0.6 is 0 Å². The summed E-state index contributed by atoms with van der Waals surface area (Å²) < 4.78 is 8.35. The van der Waals surface area contributed by atoms with Crippen LogP contribution in [-0.4, -0.2) is 66.0 Å². The minimum absolute atomic E-state index is 0.0124. The lowest BCUT2D eigenvalue weighted by Gasteiger charge is -2.39. The van der Waals surface area contributed by atoms with E-state index in [1.54, 1.807) is 6.20 Å². The van der Waals surface area contributed by atoms with Crippen LogP contribution in [0.1, 0.15) is 82.5 Å². The van der Waals surface area contributed by atoms with E-state index in [4.69, 9.17) is 4.74 Å². The number of rotatable bonds is 8. The second-order valence-electron chi connectivity index (χ2n) is 12.1. The molecule has 0 unspecified atom stereocenters. The Morgan fingerprint density at radius 1 is 1.15 bits per heavy atom. The van der Waals surface area contributed by atoms with Crippen molar-refractivity contribution in [3.63, 3.8) is 0 Å². The van der Waals surface area contributed by atoms with E-state index in [1.807, 2.05) is 4.68 Å². The fraction of sp³-hybridized carbons (Fsp3) is 0.852. The van der Waals surface area contributed by atoms with E-state index < -0.39 is 0 Å². The number of piperazine rings is 1. The first-order valence-corrected chi connectivity index (χ1v) is 13.8. The molecule has 0 spiro atoms. The molecule has 7 heteroatoms. The van der Waals surface area contributed by atoms with E-state index >= 15 is 0 Å². The molecule has 2 N–H and O–H groups in total. The van der Waals surface area contributed by atoms with Crippen molar-refractivity contribution in [2.75, 3.05) is 39.3 Å². The van der Waals surface area contributed by atoms with Gasteiger partial charge < -0.3 is 15.4 Å². The highest BCUT2D eigenvalue weighted by atomic mass is 16.5. The Morgan fingerprint density at radius 3 is 2.59 bits per heavy atom. The highest BCUT2D eigenvalue weighted by Gasteiger charge is 2.61. The van der Waals surface area contributed by atoms with Crippen LogP contribution in [0.3, 0.4) is 0 Å². The van der Waals surface area contributed by atoms with Crippen LogP contribution in [-0.2, 0) is 6.54 Å². The first-order chi connectivity index (χ1) is 16.4. The number of hydrogen-bond donors (Lipinski definition) is 2. The van der Waals surface area contributed by atoms with Gasteiger partial charge >= 0.3 is 0 Å². The monoisotopic (exact) mass is 471 g/mol. The summed E-state index contributed by atoms with van der Waals surface area (Å²) in [7, 11) is 0. The number of ether oxygens (including phenoxy) is 1. The number of fused-ring (bicyclic) bond motifs is 2. The molecule has 2 bridgehead atoms. The van der Waals surface area contributed by atoms with E-state index in [2.05, 4.69) is 41.4 Å². The molecule has 0 aromatic carbocycles. The van der Waals surface area contributed by atoms with Crippen molar-refractivity contribution in [2.24, 2.45) is 22.7 Å². The second kappa shape index (κ2) is 9.81. The summed E-state index contributed by atoms with van der Waals surface area (Å²) in [6.45, 7) is 13.7. The number of carbonyl (C=O) groups excluding carboxylic acids is 1. The third-order valence-corrected chi connectivity index (χ3v) is 10.2. The SMILES string of the molecule is CC1(C)[C@@H]2CC[C@@]1(C)[C@H](NC(=O)c1cnn(CCN3CCNCC3)c1OCC1CCCCC1)C2. The van der Waals surface area contributed by atoms with Gasteiger partial charge in [-0.2, -0.15) is 5.10 Å². The van der Waals surface area contributed by atoms with E-state index in [0.29, 0.717) is 29.9 Å². The molecule has 3 saturated carbocycles. The molecular weight excluding hydrogens is 426 g/mol. The highest BCUT2D eigenvalue weighted by Crippen LogP contribution is 2.65. The Morgan fingerprint density at radius 2 is 1.91 bits per heavy atom. The smallest absolute Gasteiger partial charge is 0.258 e. The molecule has 1 amide bonds. The Kier molecular flexibility index (Phi) is 6.95. The molecule has 3 aliphatic carbocycles. The van der Waals surface area contributed by atoms with E-state index in [-0.39, 0.29) is 22.8 Å². The quantitative estimate of drug-likeness (QED) is 0.605. The Hall–Kier alpha value is -1.60. The van der Waals surface area contributed by atoms with Gasteiger partial charge in [0.1, 0.15) is 5.56 Å². The van der Waals surface area contributed by atoms with Crippen molar-refractivity contribution in [3.8, 4) is 5.88 Å². The van der Waals surface area contributed by atoms with Crippen LogP contribution in [0, 0.1) is 22.7 Å². The molecule has 1 aliphatic heterocycles. The molecular formula is C27H45N5O2. The van der Waals surface area contributed by atoms with Gasteiger partial charge in [-0.3, -0.25) is 9.69 Å². The second-order valence-corrected chi connectivity index (χ2v) is 12.1. The van der Waals surface area contributed by atoms with Crippen molar-refractivity contribution in [1.82, 2.24) is 25.3 Å². The van der Waals surface area contributed by atoms with Gasteiger partial charge in [0.15, 0.2) is 0 Å². The highest BCUT2D eigenvalue weighted by molar-refractivity contribution is 5.96.